The SMILES string of the molecule is O=C(CCCOCCN1CCN(Cc2ccc(-c3cc4c(NCCc5ccccc5)ncnc4[nH]3)cc2)CC1)NO. The van der Waals surface area contributed by atoms with Crippen LogP contribution in [0.2, 0.25) is 0 Å². The molecule has 1 fully saturated rings. The third-order valence-corrected chi connectivity index (χ3v) is 7.48. The molecule has 1 aliphatic heterocycles. The van der Waals surface area contributed by atoms with Gasteiger partial charge < -0.3 is 15.0 Å². The predicted molar refractivity (Wildman–Crippen MR) is 160 cm³/mol. The number of carbonyl (C=O) groups excluding carboxylic acids is 1. The molecule has 216 valence electrons. The first-order valence-electron chi connectivity index (χ1n) is 14.3. The molecule has 41 heavy (non-hydrogen) atoms. The van der Waals surface area contributed by atoms with Crippen LogP contribution in [-0.2, 0) is 22.5 Å². The van der Waals surface area contributed by atoms with E-state index in [0.29, 0.717) is 19.6 Å². The highest BCUT2D eigenvalue weighted by Crippen LogP contribution is 2.27. The first-order chi connectivity index (χ1) is 20.2. The van der Waals surface area contributed by atoms with E-state index >= 15 is 0 Å². The quantitative estimate of drug-likeness (QED) is 0.105. The topological polar surface area (TPSA) is 119 Å². The number of piperazine rings is 1. The second kappa shape index (κ2) is 14.7. The number of H-pyrrole nitrogens is 1. The summed E-state index contributed by atoms with van der Waals surface area (Å²) in [6.45, 7) is 7.92. The van der Waals surface area contributed by atoms with E-state index < -0.39 is 0 Å². The van der Waals surface area contributed by atoms with Gasteiger partial charge in [-0.2, -0.15) is 0 Å². The predicted octanol–water partition coefficient (Wildman–Crippen LogP) is 3.70. The molecule has 0 atom stereocenters. The van der Waals surface area contributed by atoms with E-state index in [1.165, 1.54) is 11.1 Å². The Labute approximate surface area is 240 Å². The molecule has 0 radical (unpaired) electrons. The standard InChI is InChI=1S/C31H39N7O3/c39-29(36-40)7-4-19-41-20-18-37-14-16-38(17-15-37)22-25-8-10-26(11-9-25)28-21-27-30(33-23-34-31(27)35-28)32-13-12-24-5-2-1-3-6-24/h1-3,5-6,8-11,21,23,40H,4,7,12-20,22H2,(H,36,39)(H2,32,33,34,35). The number of nitrogens with zero attached hydrogens (tertiary/aromatic N) is 4. The maximum atomic E-state index is 11.0. The van der Waals surface area contributed by atoms with Crippen molar-refractivity contribution in [3.63, 3.8) is 0 Å². The summed E-state index contributed by atoms with van der Waals surface area (Å²) in [7, 11) is 0. The molecule has 0 aliphatic carbocycles. The van der Waals surface area contributed by atoms with Crippen LogP contribution in [0.3, 0.4) is 0 Å². The van der Waals surface area contributed by atoms with Crippen LogP contribution in [0, 0.1) is 0 Å². The monoisotopic (exact) mass is 557 g/mol. The van der Waals surface area contributed by atoms with Crippen molar-refractivity contribution in [3.8, 4) is 11.3 Å². The molecule has 2 aromatic heterocycles. The van der Waals surface area contributed by atoms with Gasteiger partial charge in [-0.15, -0.1) is 0 Å². The zero-order chi connectivity index (χ0) is 28.3. The summed E-state index contributed by atoms with van der Waals surface area (Å²) >= 11 is 0. The fourth-order valence-corrected chi connectivity index (χ4v) is 5.11. The molecule has 4 N–H and O–H groups in total. The zero-order valence-corrected chi connectivity index (χ0v) is 23.4. The number of aromatic nitrogens is 3. The molecule has 5 rings (SSSR count). The van der Waals surface area contributed by atoms with E-state index in [0.717, 1.165) is 80.3 Å². The van der Waals surface area contributed by atoms with Crippen LogP contribution < -0.4 is 10.8 Å². The third-order valence-electron chi connectivity index (χ3n) is 7.48. The number of aromatic amines is 1. The molecule has 0 saturated carbocycles. The van der Waals surface area contributed by atoms with Crippen molar-refractivity contribution in [2.45, 2.75) is 25.8 Å². The lowest BCUT2D eigenvalue weighted by Gasteiger charge is -2.34. The van der Waals surface area contributed by atoms with Crippen molar-refractivity contribution in [1.29, 1.82) is 0 Å². The average molecular weight is 558 g/mol. The lowest BCUT2D eigenvalue weighted by Crippen LogP contribution is -2.46. The van der Waals surface area contributed by atoms with Crippen molar-refractivity contribution in [2.24, 2.45) is 0 Å². The van der Waals surface area contributed by atoms with Gasteiger partial charge in [-0.25, -0.2) is 15.4 Å². The van der Waals surface area contributed by atoms with Gasteiger partial charge in [0.25, 0.3) is 0 Å². The molecule has 0 spiro atoms. The van der Waals surface area contributed by atoms with Crippen molar-refractivity contribution < 1.29 is 14.7 Å². The number of ether oxygens (including phenoxy) is 1. The van der Waals surface area contributed by atoms with Crippen molar-refractivity contribution in [2.75, 3.05) is 57.8 Å². The van der Waals surface area contributed by atoms with Gasteiger partial charge in [-0.3, -0.25) is 19.8 Å². The number of benzene rings is 2. The van der Waals surface area contributed by atoms with Gasteiger partial charge in [-0.05, 0) is 35.6 Å². The Bertz CT molecular complexity index is 1370. The van der Waals surface area contributed by atoms with E-state index in [1.54, 1.807) is 11.8 Å². The largest absolute Gasteiger partial charge is 0.380 e. The normalized spacial score (nSPS) is 14.4. The number of amides is 1. The lowest BCUT2D eigenvalue weighted by atomic mass is 10.1. The molecule has 1 saturated heterocycles. The van der Waals surface area contributed by atoms with Crippen LogP contribution in [-0.4, -0.2) is 88.3 Å². The molecule has 10 nitrogen and oxygen atoms in total. The summed E-state index contributed by atoms with van der Waals surface area (Å²) < 4.78 is 5.63. The van der Waals surface area contributed by atoms with Crippen molar-refractivity contribution >= 4 is 22.8 Å². The summed E-state index contributed by atoms with van der Waals surface area (Å²) in [5, 5.41) is 13.0. The highest BCUT2D eigenvalue weighted by atomic mass is 16.5. The van der Waals surface area contributed by atoms with E-state index in [4.69, 9.17) is 9.94 Å². The van der Waals surface area contributed by atoms with Gasteiger partial charge in [0.15, 0.2) is 0 Å². The Kier molecular flexibility index (Phi) is 10.3. The number of anilines is 1. The van der Waals surface area contributed by atoms with Crippen molar-refractivity contribution in [3.05, 3.63) is 78.1 Å². The highest BCUT2D eigenvalue weighted by molar-refractivity contribution is 5.91. The number of hydroxylamine groups is 1. The van der Waals surface area contributed by atoms with Gasteiger partial charge in [0.2, 0.25) is 5.91 Å². The van der Waals surface area contributed by atoms with E-state index in [2.05, 4.69) is 84.7 Å². The molecular formula is C31H39N7O3. The fourth-order valence-electron chi connectivity index (χ4n) is 5.11. The van der Waals surface area contributed by atoms with Crippen LogP contribution in [0.15, 0.2) is 67.0 Å². The summed E-state index contributed by atoms with van der Waals surface area (Å²) in [6, 6.07) is 21.4. The number of fused-ring (bicyclic) bond motifs is 1. The Hall–Kier alpha value is -3.83. The molecule has 10 heteroatoms. The molecule has 3 heterocycles. The first kappa shape index (κ1) is 28.7. The second-order valence-corrected chi connectivity index (χ2v) is 10.4. The maximum absolute atomic E-state index is 11.0. The lowest BCUT2D eigenvalue weighted by molar-refractivity contribution is -0.129. The summed E-state index contributed by atoms with van der Waals surface area (Å²) in [4.78, 5) is 28.3. The average Bonchev–Trinajstić information content (AvgIpc) is 3.46. The number of carbonyl (C=O) groups is 1. The van der Waals surface area contributed by atoms with Crippen LogP contribution in [0.4, 0.5) is 5.82 Å². The Morgan fingerprint density at radius 3 is 2.51 bits per heavy atom. The third kappa shape index (κ3) is 8.34. The Balaban J connectivity index is 1.07. The van der Waals surface area contributed by atoms with Gasteiger partial charge in [0.05, 0.1) is 12.0 Å². The summed E-state index contributed by atoms with van der Waals surface area (Å²) in [5.74, 6) is 0.478. The highest BCUT2D eigenvalue weighted by Gasteiger charge is 2.17. The molecule has 1 aliphatic rings. The van der Waals surface area contributed by atoms with Crippen molar-refractivity contribution in [1.82, 2.24) is 30.2 Å². The summed E-state index contributed by atoms with van der Waals surface area (Å²) in [6.07, 6.45) is 3.43. The minimum Gasteiger partial charge on any atom is -0.380 e. The molecule has 1 amide bonds. The number of hydrogen-bond donors (Lipinski definition) is 4. The van der Waals surface area contributed by atoms with E-state index in [-0.39, 0.29) is 12.3 Å². The van der Waals surface area contributed by atoms with Gasteiger partial charge in [-0.1, -0.05) is 54.6 Å². The smallest absolute Gasteiger partial charge is 0.243 e. The molecule has 2 aromatic carbocycles. The van der Waals surface area contributed by atoms with Crippen LogP contribution in [0.1, 0.15) is 24.0 Å². The number of rotatable bonds is 14. The van der Waals surface area contributed by atoms with E-state index in [9.17, 15) is 4.79 Å². The number of hydrogen-bond acceptors (Lipinski definition) is 8. The second-order valence-electron chi connectivity index (χ2n) is 10.4. The number of nitrogens with one attached hydrogen (secondary N) is 3. The van der Waals surface area contributed by atoms with Crippen LogP contribution in [0.25, 0.3) is 22.3 Å². The Morgan fingerprint density at radius 2 is 1.73 bits per heavy atom. The molecule has 0 bridgehead atoms. The van der Waals surface area contributed by atoms with Gasteiger partial charge >= 0.3 is 0 Å². The zero-order valence-electron chi connectivity index (χ0n) is 23.4. The summed E-state index contributed by atoms with van der Waals surface area (Å²) in [5.41, 5.74) is 7.23. The van der Waals surface area contributed by atoms with Crippen LogP contribution in [0.5, 0.6) is 0 Å². The van der Waals surface area contributed by atoms with Gasteiger partial charge in [0.1, 0.15) is 17.8 Å². The van der Waals surface area contributed by atoms with E-state index in [1.807, 2.05) is 6.07 Å². The minimum absolute atomic E-state index is 0.278. The minimum atomic E-state index is -0.371. The fraction of sp³-hybridized carbons (Fsp3) is 0.387. The first-order valence-corrected chi connectivity index (χ1v) is 14.3. The van der Waals surface area contributed by atoms with Crippen LogP contribution >= 0.6 is 0 Å². The molecule has 0 unspecified atom stereocenters. The maximum Gasteiger partial charge on any atom is 0.243 e. The molecule has 4 aromatic rings. The molecular weight excluding hydrogens is 518 g/mol. The Morgan fingerprint density at radius 1 is 0.951 bits per heavy atom. The van der Waals surface area contributed by atoms with Gasteiger partial charge in [0, 0.05) is 64.5 Å².